The van der Waals surface area contributed by atoms with Gasteiger partial charge in [-0.25, -0.2) is 15.0 Å². The van der Waals surface area contributed by atoms with Gasteiger partial charge >= 0.3 is 0 Å². The molecule has 3 heterocycles. The van der Waals surface area contributed by atoms with Gasteiger partial charge in [0.25, 0.3) is 0 Å². The fourth-order valence-corrected chi connectivity index (χ4v) is 3.62. The number of anilines is 2. The van der Waals surface area contributed by atoms with E-state index >= 15 is 0 Å². The summed E-state index contributed by atoms with van der Waals surface area (Å²) in [7, 11) is 0. The first-order valence-corrected chi connectivity index (χ1v) is 8.55. The molecule has 0 aliphatic heterocycles. The van der Waals surface area contributed by atoms with Gasteiger partial charge in [0, 0.05) is 16.6 Å². The molecule has 3 aromatic heterocycles. The summed E-state index contributed by atoms with van der Waals surface area (Å²) in [6.07, 6.45) is 3.36. The molecule has 5 aromatic rings. The summed E-state index contributed by atoms with van der Waals surface area (Å²) in [5, 5.41) is 12.3. The standard InChI is InChI=1S/C18H12N6S/c1-2-4-11(5-3-1)17-23-15-16(19-10-20-18(15)25-17)22-13-6-7-14-12(8-13)9-21-24-14/h1-10H,(H,21,24)(H,19,20,22). The zero-order valence-corrected chi connectivity index (χ0v) is 13.8. The molecule has 2 aromatic carbocycles. The van der Waals surface area contributed by atoms with Crippen LogP contribution in [0.5, 0.6) is 0 Å². The monoisotopic (exact) mass is 344 g/mol. The van der Waals surface area contributed by atoms with Crippen LogP contribution in [0.1, 0.15) is 0 Å². The highest BCUT2D eigenvalue weighted by molar-refractivity contribution is 7.21. The zero-order valence-electron chi connectivity index (χ0n) is 13.0. The average Bonchev–Trinajstić information content (AvgIpc) is 3.29. The molecule has 0 fully saturated rings. The van der Waals surface area contributed by atoms with Gasteiger partial charge in [-0.1, -0.05) is 41.7 Å². The van der Waals surface area contributed by atoms with Crippen LogP contribution in [0.15, 0.2) is 61.1 Å². The minimum absolute atomic E-state index is 0.700. The Kier molecular flexibility index (Phi) is 3.17. The first-order valence-electron chi connectivity index (χ1n) is 7.74. The maximum Gasteiger partial charge on any atom is 0.161 e. The highest BCUT2D eigenvalue weighted by atomic mass is 32.1. The van der Waals surface area contributed by atoms with Crippen LogP contribution >= 0.6 is 11.3 Å². The van der Waals surface area contributed by atoms with Crippen LogP contribution in [0.3, 0.4) is 0 Å². The third-order valence-corrected chi connectivity index (χ3v) is 4.93. The Morgan fingerprint density at radius 2 is 1.92 bits per heavy atom. The first kappa shape index (κ1) is 14.1. The largest absolute Gasteiger partial charge is 0.338 e. The number of nitrogens with one attached hydrogen (secondary N) is 2. The Morgan fingerprint density at radius 3 is 2.84 bits per heavy atom. The molecule has 2 N–H and O–H groups in total. The molecule has 0 unspecified atom stereocenters. The highest BCUT2D eigenvalue weighted by Crippen LogP contribution is 2.32. The van der Waals surface area contributed by atoms with E-state index in [-0.39, 0.29) is 0 Å². The Balaban J connectivity index is 1.57. The number of fused-ring (bicyclic) bond motifs is 2. The van der Waals surface area contributed by atoms with Crippen molar-refractivity contribution in [2.24, 2.45) is 0 Å². The molecule has 0 aliphatic rings. The van der Waals surface area contributed by atoms with Gasteiger partial charge in [0.1, 0.15) is 21.7 Å². The van der Waals surface area contributed by atoms with E-state index in [4.69, 9.17) is 4.98 Å². The summed E-state index contributed by atoms with van der Waals surface area (Å²) >= 11 is 1.56. The van der Waals surface area contributed by atoms with E-state index in [1.54, 1.807) is 23.9 Å². The van der Waals surface area contributed by atoms with Crippen molar-refractivity contribution in [3.8, 4) is 10.6 Å². The summed E-state index contributed by atoms with van der Waals surface area (Å²) in [5.74, 6) is 0.700. The molecule has 25 heavy (non-hydrogen) atoms. The van der Waals surface area contributed by atoms with Crippen LogP contribution in [-0.2, 0) is 0 Å². The minimum Gasteiger partial charge on any atom is -0.338 e. The van der Waals surface area contributed by atoms with E-state index in [1.165, 1.54) is 0 Å². The molecule has 0 aliphatic carbocycles. The van der Waals surface area contributed by atoms with Crippen molar-refractivity contribution in [2.75, 3.05) is 5.32 Å². The molecule has 120 valence electrons. The second-order valence-electron chi connectivity index (χ2n) is 5.56. The molecule has 0 amide bonds. The van der Waals surface area contributed by atoms with E-state index in [0.717, 1.165) is 37.5 Å². The van der Waals surface area contributed by atoms with Crippen molar-refractivity contribution in [1.82, 2.24) is 25.1 Å². The van der Waals surface area contributed by atoms with Crippen LogP contribution in [0.2, 0.25) is 0 Å². The molecule has 0 spiro atoms. The lowest BCUT2D eigenvalue weighted by Gasteiger charge is -2.05. The van der Waals surface area contributed by atoms with Gasteiger partial charge in [-0.3, -0.25) is 5.10 Å². The molecular formula is C18H12N6S. The highest BCUT2D eigenvalue weighted by Gasteiger charge is 2.12. The van der Waals surface area contributed by atoms with E-state index in [1.807, 2.05) is 48.5 Å². The van der Waals surface area contributed by atoms with E-state index in [9.17, 15) is 0 Å². The van der Waals surface area contributed by atoms with E-state index in [0.29, 0.717) is 5.82 Å². The van der Waals surface area contributed by atoms with Crippen molar-refractivity contribution < 1.29 is 0 Å². The summed E-state index contributed by atoms with van der Waals surface area (Å²) in [6, 6.07) is 16.1. The normalized spacial score (nSPS) is 11.2. The maximum atomic E-state index is 4.74. The molecule has 0 bridgehead atoms. The maximum absolute atomic E-state index is 4.74. The lowest BCUT2D eigenvalue weighted by molar-refractivity contribution is 1.12. The lowest BCUT2D eigenvalue weighted by Crippen LogP contribution is -1.95. The molecular weight excluding hydrogens is 332 g/mol. The average molecular weight is 344 g/mol. The van der Waals surface area contributed by atoms with Gasteiger partial charge in [-0.05, 0) is 18.2 Å². The van der Waals surface area contributed by atoms with E-state index in [2.05, 4.69) is 25.5 Å². The quantitative estimate of drug-likeness (QED) is 0.508. The van der Waals surface area contributed by atoms with Gasteiger partial charge in [0.05, 0.1) is 11.7 Å². The first-order chi connectivity index (χ1) is 12.4. The van der Waals surface area contributed by atoms with Gasteiger partial charge in [-0.15, -0.1) is 0 Å². The number of hydrogen-bond acceptors (Lipinski definition) is 6. The fraction of sp³-hybridized carbons (Fsp3) is 0. The molecule has 0 saturated carbocycles. The SMILES string of the molecule is c1ccc(-c2nc3c(Nc4ccc5[nH]ncc5c4)ncnc3s2)cc1. The second kappa shape index (κ2) is 5.64. The Hall–Kier alpha value is -3.32. The van der Waals surface area contributed by atoms with Gasteiger partial charge in [-0.2, -0.15) is 5.10 Å². The number of aromatic amines is 1. The predicted molar refractivity (Wildman–Crippen MR) is 100 cm³/mol. The lowest BCUT2D eigenvalue weighted by atomic mass is 10.2. The summed E-state index contributed by atoms with van der Waals surface area (Å²) in [5.41, 5.74) is 3.79. The Bertz CT molecular complexity index is 1180. The fourth-order valence-electron chi connectivity index (χ4n) is 2.71. The summed E-state index contributed by atoms with van der Waals surface area (Å²) < 4.78 is 0. The van der Waals surface area contributed by atoms with Gasteiger partial charge in [0.15, 0.2) is 5.82 Å². The second-order valence-corrected chi connectivity index (χ2v) is 6.54. The molecule has 0 atom stereocenters. The summed E-state index contributed by atoms with van der Waals surface area (Å²) in [6.45, 7) is 0. The number of rotatable bonds is 3. The van der Waals surface area contributed by atoms with Crippen LogP contribution < -0.4 is 5.32 Å². The van der Waals surface area contributed by atoms with Crippen molar-refractivity contribution in [3.63, 3.8) is 0 Å². The van der Waals surface area contributed by atoms with Crippen LogP contribution in [0, 0.1) is 0 Å². The van der Waals surface area contributed by atoms with Crippen molar-refractivity contribution in [1.29, 1.82) is 0 Å². The Labute approximate surface area is 146 Å². The minimum atomic E-state index is 0.700. The molecule has 7 heteroatoms. The van der Waals surface area contributed by atoms with Crippen LogP contribution in [0.4, 0.5) is 11.5 Å². The van der Waals surface area contributed by atoms with Crippen molar-refractivity contribution in [3.05, 3.63) is 61.1 Å². The van der Waals surface area contributed by atoms with Crippen LogP contribution in [0.25, 0.3) is 31.8 Å². The van der Waals surface area contributed by atoms with Crippen molar-refractivity contribution >= 4 is 44.1 Å². The van der Waals surface area contributed by atoms with Crippen LogP contribution in [-0.4, -0.2) is 25.1 Å². The third-order valence-electron chi connectivity index (χ3n) is 3.92. The number of benzene rings is 2. The topological polar surface area (TPSA) is 79.4 Å². The molecule has 0 radical (unpaired) electrons. The number of aromatic nitrogens is 5. The van der Waals surface area contributed by atoms with Crippen molar-refractivity contribution in [2.45, 2.75) is 0 Å². The number of H-pyrrole nitrogens is 1. The molecule has 0 saturated heterocycles. The smallest absolute Gasteiger partial charge is 0.161 e. The number of thiazole rings is 1. The Morgan fingerprint density at radius 1 is 1.00 bits per heavy atom. The third kappa shape index (κ3) is 2.50. The molecule has 5 rings (SSSR count). The van der Waals surface area contributed by atoms with Gasteiger partial charge < -0.3 is 5.32 Å². The predicted octanol–water partition coefficient (Wildman–Crippen LogP) is 4.37. The number of hydrogen-bond donors (Lipinski definition) is 2. The van der Waals surface area contributed by atoms with E-state index < -0.39 is 0 Å². The zero-order chi connectivity index (χ0) is 16.6. The molecule has 6 nitrogen and oxygen atoms in total. The summed E-state index contributed by atoms with van der Waals surface area (Å²) in [4.78, 5) is 14.3. The number of nitrogens with zero attached hydrogens (tertiary/aromatic N) is 4. The van der Waals surface area contributed by atoms with Gasteiger partial charge in [0.2, 0.25) is 0 Å².